The predicted octanol–water partition coefficient (Wildman–Crippen LogP) is 0.496. The van der Waals surface area contributed by atoms with Crippen LogP contribution in [0.5, 0.6) is 0 Å². The lowest BCUT2D eigenvalue weighted by atomic mass is 10.2. The summed E-state index contributed by atoms with van der Waals surface area (Å²) in [6, 6.07) is 0. The van der Waals surface area contributed by atoms with Crippen LogP contribution < -0.4 is 0 Å². The average Bonchev–Trinajstić information content (AvgIpc) is 2.60. The molecule has 2 fully saturated rings. The van der Waals surface area contributed by atoms with Crippen LogP contribution in [0, 0.1) is 11.8 Å². The Balaban J connectivity index is 1.99. The van der Waals surface area contributed by atoms with E-state index >= 15 is 0 Å². The summed E-state index contributed by atoms with van der Waals surface area (Å²) in [5, 5.41) is 8.60. The second-order valence-corrected chi connectivity index (χ2v) is 3.01. The molecule has 0 aromatic rings. The van der Waals surface area contributed by atoms with E-state index < -0.39 is 5.97 Å². The maximum Gasteiger partial charge on any atom is 0.309 e. The van der Waals surface area contributed by atoms with Crippen molar-refractivity contribution >= 4 is 5.97 Å². The summed E-state index contributed by atoms with van der Waals surface area (Å²) in [7, 11) is 0. The number of carbonyl (C=O) groups is 1. The molecule has 0 amide bonds. The number of carboxylic acid groups (broad SMARTS) is 1. The van der Waals surface area contributed by atoms with Crippen molar-refractivity contribution in [3.05, 3.63) is 0 Å². The summed E-state index contributed by atoms with van der Waals surface area (Å²) in [6.07, 6.45) is 2.14. The average molecular weight is 142 g/mol. The van der Waals surface area contributed by atoms with Gasteiger partial charge in [-0.1, -0.05) is 0 Å². The van der Waals surface area contributed by atoms with Gasteiger partial charge in [-0.05, 0) is 12.8 Å². The molecule has 1 aliphatic heterocycles. The van der Waals surface area contributed by atoms with Gasteiger partial charge in [0.05, 0.1) is 12.0 Å². The summed E-state index contributed by atoms with van der Waals surface area (Å²) in [5.74, 6) is -0.523. The minimum absolute atomic E-state index is 0.0613. The van der Waals surface area contributed by atoms with Gasteiger partial charge in [0.1, 0.15) is 0 Å². The second-order valence-electron chi connectivity index (χ2n) is 3.01. The molecule has 3 heteroatoms. The van der Waals surface area contributed by atoms with Gasteiger partial charge in [0, 0.05) is 12.5 Å². The molecule has 1 N–H and O–H groups in total. The molecule has 1 saturated heterocycles. The number of ether oxygens (including phenoxy) is 1. The minimum atomic E-state index is -0.683. The van der Waals surface area contributed by atoms with Crippen LogP contribution in [0.15, 0.2) is 0 Å². The first-order valence-electron chi connectivity index (χ1n) is 3.65. The number of aliphatic carboxylic acids is 1. The maximum absolute atomic E-state index is 10.4. The largest absolute Gasteiger partial charge is 0.481 e. The topological polar surface area (TPSA) is 46.5 Å². The highest BCUT2D eigenvalue weighted by molar-refractivity contribution is 5.75. The van der Waals surface area contributed by atoms with Gasteiger partial charge < -0.3 is 9.84 Å². The zero-order valence-electron chi connectivity index (χ0n) is 5.62. The lowest BCUT2D eigenvalue weighted by molar-refractivity contribution is -0.139. The molecule has 2 rings (SSSR count). The zero-order chi connectivity index (χ0) is 7.14. The number of carboxylic acids is 1. The van der Waals surface area contributed by atoms with Crippen LogP contribution in [0.1, 0.15) is 12.8 Å². The fraction of sp³-hybridized carbons (Fsp3) is 0.857. The molecule has 3 nitrogen and oxygen atoms in total. The van der Waals surface area contributed by atoms with E-state index in [0.29, 0.717) is 5.92 Å². The van der Waals surface area contributed by atoms with Crippen LogP contribution in [0.25, 0.3) is 0 Å². The van der Waals surface area contributed by atoms with Crippen molar-refractivity contribution in [3.8, 4) is 0 Å². The monoisotopic (exact) mass is 142 g/mol. The van der Waals surface area contributed by atoms with Crippen molar-refractivity contribution < 1.29 is 14.6 Å². The van der Waals surface area contributed by atoms with Gasteiger partial charge in [-0.2, -0.15) is 0 Å². The summed E-state index contributed by atoms with van der Waals surface area (Å²) >= 11 is 0. The van der Waals surface area contributed by atoms with Crippen LogP contribution in [-0.2, 0) is 9.53 Å². The van der Waals surface area contributed by atoms with Gasteiger partial charge >= 0.3 is 5.97 Å². The van der Waals surface area contributed by atoms with Gasteiger partial charge in [0.25, 0.3) is 0 Å². The van der Waals surface area contributed by atoms with Crippen LogP contribution in [-0.4, -0.2) is 23.8 Å². The fourth-order valence-electron chi connectivity index (χ4n) is 1.78. The summed E-state index contributed by atoms with van der Waals surface area (Å²) in [4.78, 5) is 10.4. The third-order valence-corrected chi connectivity index (χ3v) is 2.37. The van der Waals surface area contributed by atoms with Crippen molar-refractivity contribution in [2.45, 2.75) is 18.9 Å². The predicted molar refractivity (Wildman–Crippen MR) is 33.6 cm³/mol. The molecule has 0 radical (unpaired) electrons. The van der Waals surface area contributed by atoms with Crippen LogP contribution >= 0.6 is 0 Å². The molecule has 1 heterocycles. The van der Waals surface area contributed by atoms with E-state index in [4.69, 9.17) is 9.84 Å². The number of fused-ring (bicyclic) bond motifs is 1. The number of hydrogen-bond donors (Lipinski definition) is 1. The molecular formula is C7H10O3. The Morgan fingerprint density at radius 3 is 2.90 bits per heavy atom. The molecule has 3 atom stereocenters. The van der Waals surface area contributed by atoms with E-state index in [0.717, 1.165) is 19.4 Å². The second kappa shape index (κ2) is 1.95. The summed E-state index contributed by atoms with van der Waals surface area (Å²) in [6.45, 7) is 0.755. The van der Waals surface area contributed by atoms with Crippen molar-refractivity contribution in [1.82, 2.24) is 0 Å². The summed E-state index contributed by atoms with van der Waals surface area (Å²) < 4.78 is 5.24. The molecule has 0 unspecified atom stereocenters. The lowest BCUT2D eigenvalue weighted by Crippen LogP contribution is -2.07. The Morgan fingerprint density at radius 2 is 2.40 bits per heavy atom. The standard InChI is InChI=1S/C7H10O3/c8-7(9)5-4-2-1-3-10-6(4)5/h4-6H,1-3H2,(H,8,9)/t4-,5-,6-/m1/s1. The van der Waals surface area contributed by atoms with Crippen molar-refractivity contribution in [1.29, 1.82) is 0 Å². The van der Waals surface area contributed by atoms with E-state index in [2.05, 4.69) is 0 Å². The molecule has 0 aromatic carbocycles. The normalized spacial score (nSPS) is 44.2. The van der Waals surface area contributed by atoms with E-state index in [9.17, 15) is 4.79 Å². The zero-order valence-corrected chi connectivity index (χ0v) is 5.62. The first-order valence-corrected chi connectivity index (χ1v) is 3.65. The van der Waals surface area contributed by atoms with Gasteiger partial charge in [0.15, 0.2) is 0 Å². The first kappa shape index (κ1) is 6.16. The van der Waals surface area contributed by atoms with Gasteiger partial charge in [-0.3, -0.25) is 4.79 Å². The van der Waals surface area contributed by atoms with Crippen molar-refractivity contribution in [2.24, 2.45) is 11.8 Å². The van der Waals surface area contributed by atoms with Crippen molar-refractivity contribution in [2.75, 3.05) is 6.61 Å². The number of hydrogen-bond acceptors (Lipinski definition) is 2. The number of rotatable bonds is 1. The Labute approximate surface area is 59.0 Å². The van der Waals surface area contributed by atoms with Crippen LogP contribution in [0.4, 0.5) is 0 Å². The van der Waals surface area contributed by atoms with E-state index in [1.54, 1.807) is 0 Å². The highest BCUT2D eigenvalue weighted by Crippen LogP contribution is 2.47. The Bertz CT molecular complexity index is 154. The van der Waals surface area contributed by atoms with Gasteiger partial charge in [0.2, 0.25) is 0 Å². The third-order valence-electron chi connectivity index (χ3n) is 2.37. The summed E-state index contributed by atoms with van der Waals surface area (Å²) in [5.41, 5.74) is 0. The van der Waals surface area contributed by atoms with Gasteiger partial charge in [-0.15, -0.1) is 0 Å². The maximum atomic E-state index is 10.4. The van der Waals surface area contributed by atoms with E-state index in [1.807, 2.05) is 0 Å². The van der Waals surface area contributed by atoms with Crippen LogP contribution in [0.2, 0.25) is 0 Å². The Morgan fingerprint density at radius 1 is 1.60 bits per heavy atom. The first-order chi connectivity index (χ1) is 4.80. The SMILES string of the molecule is O=C(O)[C@@H]1[C@H]2CCCO[C@H]21. The molecule has 1 aliphatic carbocycles. The third kappa shape index (κ3) is 0.736. The fourth-order valence-corrected chi connectivity index (χ4v) is 1.78. The van der Waals surface area contributed by atoms with Crippen LogP contribution in [0.3, 0.4) is 0 Å². The molecule has 0 aromatic heterocycles. The molecule has 56 valence electrons. The smallest absolute Gasteiger partial charge is 0.309 e. The molecule has 10 heavy (non-hydrogen) atoms. The van der Waals surface area contributed by atoms with Crippen molar-refractivity contribution in [3.63, 3.8) is 0 Å². The Kier molecular flexibility index (Phi) is 1.20. The lowest BCUT2D eigenvalue weighted by Gasteiger charge is -2.07. The molecule has 1 saturated carbocycles. The quantitative estimate of drug-likeness (QED) is 0.579. The highest BCUT2D eigenvalue weighted by Gasteiger charge is 2.57. The molecular weight excluding hydrogens is 132 g/mol. The molecule has 0 spiro atoms. The molecule has 2 aliphatic rings. The van der Waals surface area contributed by atoms with Gasteiger partial charge in [-0.25, -0.2) is 0 Å². The van der Waals surface area contributed by atoms with E-state index in [-0.39, 0.29) is 12.0 Å². The van der Waals surface area contributed by atoms with E-state index in [1.165, 1.54) is 0 Å². The minimum Gasteiger partial charge on any atom is -0.481 e. The highest BCUT2D eigenvalue weighted by atomic mass is 16.5. The molecule has 0 bridgehead atoms. The Hall–Kier alpha value is -0.570.